The molecule has 0 aliphatic carbocycles. The van der Waals surface area contributed by atoms with E-state index in [1.165, 1.54) is 0 Å². The third-order valence-electron chi connectivity index (χ3n) is 3.39. The van der Waals surface area contributed by atoms with Crippen molar-refractivity contribution >= 4 is 34.5 Å². The first-order valence-corrected chi connectivity index (χ1v) is 8.32. The van der Waals surface area contributed by atoms with Crippen LogP contribution in [0.15, 0.2) is 46.9 Å². The smallest absolute Gasteiger partial charge is 0.322 e. The predicted octanol–water partition coefficient (Wildman–Crippen LogP) is 3.61. The van der Waals surface area contributed by atoms with Crippen LogP contribution in [0.2, 0.25) is 0 Å². The molecule has 0 fully saturated rings. The molecule has 0 spiro atoms. The molecule has 0 unspecified atom stereocenters. The van der Waals surface area contributed by atoms with E-state index in [1.54, 1.807) is 44.6 Å². The van der Waals surface area contributed by atoms with Crippen LogP contribution in [-0.4, -0.2) is 30.3 Å². The van der Waals surface area contributed by atoms with Crippen molar-refractivity contribution in [3.05, 3.63) is 51.6 Å². The normalized spacial score (nSPS) is 10.4. The summed E-state index contributed by atoms with van der Waals surface area (Å²) in [6, 6.07) is 12.5. The first-order valence-electron chi connectivity index (χ1n) is 7.24. The van der Waals surface area contributed by atoms with Gasteiger partial charge in [0.25, 0.3) is 5.91 Å². The van der Waals surface area contributed by atoms with Gasteiger partial charge in [-0.15, -0.1) is 5.10 Å². The van der Waals surface area contributed by atoms with Crippen molar-refractivity contribution in [3.63, 3.8) is 0 Å². The maximum absolute atomic E-state index is 12.3. The molecule has 2 aromatic carbocycles. The van der Waals surface area contributed by atoms with E-state index < -0.39 is 0 Å². The van der Waals surface area contributed by atoms with Crippen molar-refractivity contribution in [2.45, 2.75) is 0 Å². The number of hydrogen-bond donors (Lipinski definition) is 1. The van der Waals surface area contributed by atoms with Gasteiger partial charge in [0.1, 0.15) is 0 Å². The molecule has 0 aliphatic heterocycles. The summed E-state index contributed by atoms with van der Waals surface area (Å²) in [7, 11) is 3.10. The summed E-state index contributed by atoms with van der Waals surface area (Å²) < 4.78 is 16.8. The number of halogens is 1. The number of hydrogen-bond acceptors (Lipinski definition) is 6. The highest BCUT2D eigenvalue weighted by molar-refractivity contribution is 14.1. The molecular formula is C17H14IN3O4. The van der Waals surface area contributed by atoms with Crippen LogP contribution in [0.5, 0.6) is 11.5 Å². The number of benzene rings is 2. The summed E-state index contributed by atoms with van der Waals surface area (Å²) in [6.45, 7) is 0. The molecule has 8 heteroatoms. The van der Waals surface area contributed by atoms with Gasteiger partial charge in [0.05, 0.1) is 19.8 Å². The summed E-state index contributed by atoms with van der Waals surface area (Å²) in [4.78, 5) is 12.3. The lowest BCUT2D eigenvalue weighted by molar-refractivity contribution is 0.102. The molecule has 3 rings (SSSR count). The van der Waals surface area contributed by atoms with Gasteiger partial charge in [-0.2, -0.15) is 0 Å². The lowest BCUT2D eigenvalue weighted by atomic mass is 10.2. The molecule has 1 amide bonds. The van der Waals surface area contributed by atoms with Crippen molar-refractivity contribution in [1.82, 2.24) is 10.2 Å². The SMILES string of the molecule is COc1ccc(-c2nnc(NC(=O)c3ccccc3I)o2)cc1OC. The van der Waals surface area contributed by atoms with Gasteiger partial charge >= 0.3 is 6.01 Å². The maximum Gasteiger partial charge on any atom is 0.322 e. The van der Waals surface area contributed by atoms with Crippen LogP contribution in [0.1, 0.15) is 10.4 Å². The molecule has 1 heterocycles. The fourth-order valence-electron chi connectivity index (χ4n) is 2.17. The van der Waals surface area contributed by atoms with Crippen LogP contribution in [0, 0.1) is 3.57 Å². The largest absolute Gasteiger partial charge is 0.493 e. The van der Waals surface area contributed by atoms with Gasteiger partial charge in [-0.25, -0.2) is 0 Å². The zero-order valence-corrected chi connectivity index (χ0v) is 15.6. The number of methoxy groups -OCH3 is 2. The summed E-state index contributed by atoms with van der Waals surface area (Å²) in [5, 5.41) is 10.4. The summed E-state index contributed by atoms with van der Waals surface area (Å²) >= 11 is 2.09. The Kier molecular flexibility index (Phi) is 5.17. The number of aromatic nitrogens is 2. The molecule has 0 bridgehead atoms. The van der Waals surface area contributed by atoms with Gasteiger partial charge in [0.2, 0.25) is 5.89 Å². The second kappa shape index (κ2) is 7.51. The van der Waals surface area contributed by atoms with Crippen LogP contribution >= 0.6 is 22.6 Å². The Morgan fingerprint density at radius 3 is 2.56 bits per heavy atom. The molecule has 0 radical (unpaired) electrons. The topological polar surface area (TPSA) is 86.5 Å². The maximum atomic E-state index is 12.3. The molecule has 1 N–H and O–H groups in total. The van der Waals surface area contributed by atoms with Crippen molar-refractivity contribution in [1.29, 1.82) is 0 Å². The van der Waals surface area contributed by atoms with E-state index in [0.29, 0.717) is 22.6 Å². The number of carbonyl (C=O) groups is 1. The van der Waals surface area contributed by atoms with Gasteiger partial charge in [0.15, 0.2) is 11.5 Å². The monoisotopic (exact) mass is 451 g/mol. The first kappa shape index (κ1) is 17.2. The first-order chi connectivity index (χ1) is 12.1. The summed E-state index contributed by atoms with van der Waals surface area (Å²) in [6.07, 6.45) is 0. The molecule has 0 atom stereocenters. The molecule has 25 heavy (non-hydrogen) atoms. The van der Waals surface area contributed by atoms with E-state index >= 15 is 0 Å². The Morgan fingerprint density at radius 2 is 1.84 bits per heavy atom. The highest BCUT2D eigenvalue weighted by Crippen LogP contribution is 2.32. The number of anilines is 1. The Balaban J connectivity index is 1.81. The number of amides is 1. The lowest BCUT2D eigenvalue weighted by Gasteiger charge is -2.07. The van der Waals surface area contributed by atoms with Crippen molar-refractivity contribution < 1.29 is 18.7 Å². The highest BCUT2D eigenvalue weighted by Gasteiger charge is 2.15. The molecule has 0 aliphatic rings. The molecule has 7 nitrogen and oxygen atoms in total. The van der Waals surface area contributed by atoms with Gasteiger partial charge in [-0.1, -0.05) is 17.2 Å². The fourth-order valence-corrected chi connectivity index (χ4v) is 2.80. The van der Waals surface area contributed by atoms with E-state index in [4.69, 9.17) is 13.9 Å². The molecule has 128 valence electrons. The minimum atomic E-state index is -0.312. The molecule has 0 saturated heterocycles. The number of rotatable bonds is 5. The molecule has 3 aromatic rings. The zero-order chi connectivity index (χ0) is 17.8. The Hall–Kier alpha value is -2.62. The number of nitrogens with zero attached hydrogens (tertiary/aromatic N) is 2. The standard InChI is InChI=1S/C17H14IN3O4/c1-23-13-8-7-10(9-14(13)24-2)16-20-21-17(25-16)19-15(22)11-5-3-4-6-12(11)18/h3-9H,1-2H3,(H,19,21,22). The third-order valence-corrected chi connectivity index (χ3v) is 4.34. The van der Waals surface area contributed by atoms with Crippen LogP contribution in [0.4, 0.5) is 6.01 Å². The van der Waals surface area contributed by atoms with Gasteiger partial charge < -0.3 is 13.9 Å². The van der Waals surface area contributed by atoms with Crippen LogP contribution in [-0.2, 0) is 0 Å². The van der Waals surface area contributed by atoms with E-state index in [1.807, 2.05) is 12.1 Å². The van der Waals surface area contributed by atoms with Crippen LogP contribution in [0.25, 0.3) is 11.5 Å². The minimum Gasteiger partial charge on any atom is -0.493 e. The third kappa shape index (κ3) is 3.73. The number of ether oxygens (including phenoxy) is 2. The second-order valence-corrected chi connectivity index (χ2v) is 6.08. The van der Waals surface area contributed by atoms with Crippen molar-refractivity contribution in [3.8, 4) is 23.0 Å². The summed E-state index contributed by atoms with van der Waals surface area (Å²) in [5.74, 6) is 1.09. The Labute approximate surface area is 157 Å². The van der Waals surface area contributed by atoms with E-state index in [-0.39, 0.29) is 17.8 Å². The van der Waals surface area contributed by atoms with E-state index in [9.17, 15) is 4.79 Å². The van der Waals surface area contributed by atoms with E-state index in [0.717, 1.165) is 3.57 Å². The average Bonchev–Trinajstić information content (AvgIpc) is 3.09. The fraction of sp³-hybridized carbons (Fsp3) is 0.118. The number of nitrogens with one attached hydrogen (secondary N) is 1. The van der Waals surface area contributed by atoms with Gasteiger partial charge in [-0.3, -0.25) is 10.1 Å². The van der Waals surface area contributed by atoms with Gasteiger partial charge in [0, 0.05) is 9.13 Å². The van der Waals surface area contributed by atoms with Crippen molar-refractivity contribution in [2.24, 2.45) is 0 Å². The van der Waals surface area contributed by atoms with Gasteiger partial charge in [-0.05, 0) is 52.9 Å². The number of carbonyl (C=O) groups excluding carboxylic acids is 1. The minimum absolute atomic E-state index is 0.0226. The highest BCUT2D eigenvalue weighted by atomic mass is 127. The molecule has 0 saturated carbocycles. The molecular weight excluding hydrogens is 437 g/mol. The Bertz CT molecular complexity index is 910. The quantitative estimate of drug-likeness (QED) is 0.597. The predicted molar refractivity (Wildman–Crippen MR) is 100.0 cm³/mol. The zero-order valence-electron chi connectivity index (χ0n) is 13.4. The van der Waals surface area contributed by atoms with E-state index in [2.05, 4.69) is 38.1 Å². The van der Waals surface area contributed by atoms with Crippen LogP contribution < -0.4 is 14.8 Å². The average molecular weight is 451 g/mol. The van der Waals surface area contributed by atoms with Crippen LogP contribution in [0.3, 0.4) is 0 Å². The second-order valence-electron chi connectivity index (χ2n) is 4.92. The Morgan fingerprint density at radius 1 is 1.08 bits per heavy atom. The van der Waals surface area contributed by atoms with Crippen molar-refractivity contribution in [2.75, 3.05) is 19.5 Å². The summed E-state index contributed by atoms with van der Waals surface area (Å²) in [5.41, 5.74) is 1.19. The lowest BCUT2D eigenvalue weighted by Crippen LogP contribution is -2.13. The molecule has 1 aromatic heterocycles.